The number of carboxylic acids is 1. The number of hydrogen-bond acceptors (Lipinski definition) is 3. The van der Waals surface area contributed by atoms with Crippen molar-refractivity contribution in [3.8, 4) is 0 Å². The summed E-state index contributed by atoms with van der Waals surface area (Å²) in [5, 5.41) is 7.42. The van der Waals surface area contributed by atoms with Crippen molar-refractivity contribution in [1.82, 2.24) is 4.72 Å². The van der Waals surface area contributed by atoms with Crippen molar-refractivity contribution in [3.63, 3.8) is 0 Å². The van der Waals surface area contributed by atoms with Crippen LogP contribution in [0, 0.1) is 0 Å². The van der Waals surface area contributed by atoms with Crippen LogP contribution in [-0.4, -0.2) is 25.7 Å². The molecule has 0 radical (unpaired) electrons. The third-order valence-corrected chi connectivity index (χ3v) is 3.26. The Morgan fingerprint density at radius 2 is 1.27 bits per heavy atom. The maximum absolute atomic E-state index is 11.5. The van der Waals surface area contributed by atoms with Crippen LogP contribution >= 0.6 is 0 Å². The summed E-state index contributed by atoms with van der Waals surface area (Å²) in [5.41, 5.74) is 1.85. The first-order valence-electron chi connectivity index (χ1n) is 6.56. The van der Waals surface area contributed by atoms with Gasteiger partial charge in [0.2, 0.25) is 10.0 Å². The lowest BCUT2D eigenvalue weighted by Gasteiger charge is -2.18. The lowest BCUT2D eigenvalue weighted by molar-refractivity contribution is -0.134. The lowest BCUT2D eigenvalue weighted by atomic mass is 10.00. The van der Waals surface area contributed by atoms with Crippen LogP contribution in [0.1, 0.15) is 24.1 Å². The number of benzene rings is 2. The molecule has 0 amide bonds. The van der Waals surface area contributed by atoms with Gasteiger partial charge >= 0.3 is 0 Å². The summed E-state index contributed by atoms with van der Waals surface area (Å²) in [5.74, 6) is -0.833. The largest absolute Gasteiger partial charge is 0.481 e. The zero-order valence-corrected chi connectivity index (χ0v) is 13.2. The van der Waals surface area contributed by atoms with Crippen LogP contribution in [0.4, 0.5) is 0 Å². The molecule has 0 aliphatic carbocycles. The first-order chi connectivity index (χ1) is 10.3. The van der Waals surface area contributed by atoms with Crippen LogP contribution in [0.25, 0.3) is 0 Å². The second kappa shape index (κ2) is 8.31. The number of nitrogens with one attached hydrogen (secondary N) is 1. The Balaban J connectivity index is 0.000000541. The minimum atomic E-state index is -3.27. The van der Waals surface area contributed by atoms with Gasteiger partial charge in [-0.05, 0) is 11.1 Å². The number of carbonyl (C=O) groups is 1. The van der Waals surface area contributed by atoms with Crippen LogP contribution in [-0.2, 0) is 14.8 Å². The normalized spacial score (nSPS) is 10.7. The monoisotopic (exact) mass is 321 g/mol. The molecule has 2 aromatic carbocycles. The fraction of sp³-hybridized carbons (Fsp3) is 0.188. The highest BCUT2D eigenvalue weighted by molar-refractivity contribution is 7.88. The zero-order valence-electron chi connectivity index (χ0n) is 12.4. The average Bonchev–Trinajstić information content (AvgIpc) is 2.45. The number of sulfonamides is 1. The van der Waals surface area contributed by atoms with Gasteiger partial charge < -0.3 is 5.11 Å². The number of hydrogen-bond donors (Lipinski definition) is 2. The zero-order chi connectivity index (χ0) is 16.6. The third-order valence-electron chi connectivity index (χ3n) is 2.60. The molecule has 0 bridgehead atoms. The Labute approximate surface area is 130 Å². The Kier molecular flexibility index (Phi) is 6.75. The van der Waals surface area contributed by atoms with E-state index in [1.807, 2.05) is 60.7 Å². The molecular formula is C16H19NO4S. The predicted molar refractivity (Wildman–Crippen MR) is 86.0 cm³/mol. The fourth-order valence-corrected chi connectivity index (χ4v) is 2.53. The van der Waals surface area contributed by atoms with Gasteiger partial charge in [0.25, 0.3) is 5.97 Å². The van der Waals surface area contributed by atoms with Crippen LogP contribution in [0.5, 0.6) is 0 Å². The maximum Gasteiger partial charge on any atom is 0.300 e. The Morgan fingerprint density at radius 1 is 0.955 bits per heavy atom. The molecular weight excluding hydrogens is 302 g/mol. The van der Waals surface area contributed by atoms with Crippen molar-refractivity contribution in [1.29, 1.82) is 0 Å². The van der Waals surface area contributed by atoms with Crippen LogP contribution in [0.15, 0.2) is 60.7 Å². The molecule has 2 rings (SSSR count). The number of aliphatic carboxylic acids is 1. The van der Waals surface area contributed by atoms with Crippen molar-refractivity contribution in [3.05, 3.63) is 71.8 Å². The topological polar surface area (TPSA) is 83.5 Å². The Hall–Kier alpha value is -2.18. The van der Waals surface area contributed by atoms with E-state index in [1.165, 1.54) is 6.26 Å². The van der Waals surface area contributed by atoms with Gasteiger partial charge in [-0.3, -0.25) is 4.79 Å². The second-order valence-electron chi connectivity index (χ2n) is 4.66. The van der Waals surface area contributed by atoms with E-state index >= 15 is 0 Å². The first kappa shape index (κ1) is 17.9. The van der Waals surface area contributed by atoms with Crippen molar-refractivity contribution < 1.29 is 18.3 Å². The van der Waals surface area contributed by atoms with Crippen molar-refractivity contribution >= 4 is 16.0 Å². The van der Waals surface area contributed by atoms with E-state index in [9.17, 15) is 8.42 Å². The van der Waals surface area contributed by atoms with Crippen molar-refractivity contribution in [2.45, 2.75) is 13.0 Å². The molecule has 0 saturated heterocycles. The van der Waals surface area contributed by atoms with Gasteiger partial charge in [-0.2, -0.15) is 0 Å². The summed E-state index contributed by atoms with van der Waals surface area (Å²) in [4.78, 5) is 9.00. The molecule has 0 aromatic heterocycles. The van der Waals surface area contributed by atoms with E-state index in [0.717, 1.165) is 18.1 Å². The van der Waals surface area contributed by atoms with E-state index < -0.39 is 16.0 Å². The molecule has 6 heteroatoms. The fourth-order valence-electron chi connectivity index (χ4n) is 1.83. The van der Waals surface area contributed by atoms with Gasteiger partial charge in [-0.15, -0.1) is 0 Å². The molecule has 2 aromatic rings. The summed E-state index contributed by atoms with van der Waals surface area (Å²) in [6, 6.07) is 18.7. The van der Waals surface area contributed by atoms with Crippen molar-refractivity contribution in [2.75, 3.05) is 6.26 Å². The molecule has 5 nitrogen and oxygen atoms in total. The van der Waals surface area contributed by atoms with Crippen LogP contribution in [0.2, 0.25) is 0 Å². The maximum atomic E-state index is 11.5. The lowest BCUT2D eigenvalue weighted by Crippen LogP contribution is -2.28. The highest BCUT2D eigenvalue weighted by Gasteiger charge is 2.17. The quantitative estimate of drug-likeness (QED) is 0.906. The van der Waals surface area contributed by atoms with Gasteiger partial charge in [-0.1, -0.05) is 60.7 Å². The molecule has 0 heterocycles. The average molecular weight is 321 g/mol. The molecule has 0 aliphatic rings. The van der Waals surface area contributed by atoms with Crippen molar-refractivity contribution in [2.24, 2.45) is 0 Å². The van der Waals surface area contributed by atoms with Gasteiger partial charge in [0, 0.05) is 6.92 Å². The highest BCUT2D eigenvalue weighted by Crippen LogP contribution is 2.22. The van der Waals surface area contributed by atoms with Crippen LogP contribution in [0.3, 0.4) is 0 Å². The molecule has 22 heavy (non-hydrogen) atoms. The van der Waals surface area contributed by atoms with E-state index in [1.54, 1.807) is 0 Å². The van der Waals surface area contributed by atoms with Gasteiger partial charge in [0.15, 0.2) is 0 Å². The Morgan fingerprint density at radius 3 is 1.55 bits per heavy atom. The van der Waals surface area contributed by atoms with E-state index in [-0.39, 0.29) is 6.04 Å². The van der Waals surface area contributed by atoms with E-state index in [0.29, 0.717) is 0 Å². The second-order valence-corrected chi connectivity index (χ2v) is 6.44. The standard InChI is InChI=1S/C14H15NO2S.C2H4O2/c1-18(16,17)15-14(12-8-4-2-5-9-12)13-10-6-3-7-11-13;1-2(3)4/h2-11,14-15H,1H3;1H3,(H,3,4). The van der Waals surface area contributed by atoms with Gasteiger partial charge in [0.05, 0.1) is 12.3 Å². The van der Waals surface area contributed by atoms with Crippen LogP contribution < -0.4 is 4.72 Å². The molecule has 0 atom stereocenters. The smallest absolute Gasteiger partial charge is 0.300 e. The minimum absolute atomic E-state index is 0.345. The Bertz CT molecular complexity index is 641. The van der Waals surface area contributed by atoms with Gasteiger partial charge in [0.1, 0.15) is 0 Å². The molecule has 0 spiro atoms. The molecule has 118 valence electrons. The molecule has 0 unspecified atom stereocenters. The summed E-state index contributed by atoms with van der Waals surface area (Å²) in [6.07, 6.45) is 1.17. The summed E-state index contributed by atoms with van der Waals surface area (Å²) in [6.45, 7) is 1.08. The first-order valence-corrected chi connectivity index (χ1v) is 8.45. The highest BCUT2D eigenvalue weighted by atomic mass is 32.2. The third kappa shape index (κ3) is 7.01. The summed E-state index contributed by atoms with van der Waals surface area (Å²) >= 11 is 0. The molecule has 0 saturated carbocycles. The minimum Gasteiger partial charge on any atom is -0.481 e. The SMILES string of the molecule is CC(=O)O.CS(=O)(=O)NC(c1ccccc1)c1ccccc1. The predicted octanol–water partition coefficient (Wildman–Crippen LogP) is 2.42. The molecule has 0 aliphatic heterocycles. The number of rotatable bonds is 4. The molecule has 0 fully saturated rings. The summed E-state index contributed by atoms with van der Waals surface area (Å²) in [7, 11) is -3.27. The molecule has 2 N–H and O–H groups in total. The van der Waals surface area contributed by atoms with E-state index in [4.69, 9.17) is 9.90 Å². The summed E-state index contributed by atoms with van der Waals surface area (Å²) < 4.78 is 25.6. The number of carboxylic acid groups (broad SMARTS) is 1. The van der Waals surface area contributed by atoms with Gasteiger partial charge in [-0.25, -0.2) is 13.1 Å². The van der Waals surface area contributed by atoms with E-state index in [2.05, 4.69) is 4.72 Å².